The molecule has 0 aliphatic carbocycles. The molecule has 1 aliphatic rings. The fourth-order valence-corrected chi connectivity index (χ4v) is 4.62. The number of ether oxygens (including phenoxy) is 1. The van der Waals surface area contributed by atoms with E-state index in [2.05, 4.69) is 4.72 Å². The molecule has 4 nitrogen and oxygen atoms in total. The Morgan fingerprint density at radius 3 is 2.90 bits per heavy atom. The van der Waals surface area contributed by atoms with E-state index in [4.69, 9.17) is 16.3 Å². The lowest BCUT2D eigenvalue weighted by molar-refractivity contribution is 0.0567. The number of benzene rings is 1. The van der Waals surface area contributed by atoms with Crippen molar-refractivity contribution >= 4 is 21.6 Å². The van der Waals surface area contributed by atoms with Crippen LogP contribution in [-0.4, -0.2) is 33.4 Å². The van der Waals surface area contributed by atoms with Gasteiger partial charge in [0.1, 0.15) is 5.82 Å². The number of nitrogens with one attached hydrogen (secondary N) is 1. The Morgan fingerprint density at radius 2 is 2.24 bits per heavy atom. The van der Waals surface area contributed by atoms with Gasteiger partial charge in [-0.15, -0.1) is 0 Å². The summed E-state index contributed by atoms with van der Waals surface area (Å²) in [5, 5.41) is -0.262. The lowest BCUT2D eigenvalue weighted by Gasteiger charge is -2.31. The van der Waals surface area contributed by atoms with Crippen molar-refractivity contribution in [1.82, 2.24) is 4.72 Å². The fourth-order valence-electron chi connectivity index (χ4n) is 2.67. The van der Waals surface area contributed by atoms with Crippen LogP contribution in [0.25, 0.3) is 0 Å². The highest BCUT2D eigenvalue weighted by atomic mass is 35.5. The largest absolute Gasteiger partial charge is 0.381 e. The number of hydrogen-bond acceptors (Lipinski definition) is 3. The van der Waals surface area contributed by atoms with Crippen LogP contribution in [0.3, 0.4) is 0 Å². The van der Waals surface area contributed by atoms with Crippen LogP contribution in [0.4, 0.5) is 4.39 Å². The highest BCUT2D eigenvalue weighted by Gasteiger charge is 2.36. The molecule has 1 aromatic carbocycles. The highest BCUT2D eigenvalue weighted by molar-refractivity contribution is 7.90. The molecular weight excluding hydrogens is 317 g/mol. The van der Waals surface area contributed by atoms with Gasteiger partial charge in [0.2, 0.25) is 10.0 Å². The van der Waals surface area contributed by atoms with Crippen molar-refractivity contribution < 1.29 is 17.5 Å². The molecule has 1 saturated heterocycles. The molecule has 21 heavy (non-hydrogen) atoms. The van der Waals surface area contributed by atoms with Gasteiger partial charge in [0.15, 0.2) is 0 Å². The minimum absolute atomic E-state index is 0.251. The van der Waals surface area contributed by atoms with Gasteiger partial charge in [0.25, 0.3) is 0 Å². The van der Waals surface area contributed by atoms with Crippen LogP contribution in [0.2, 0.25) is 5.02 Å². The van der Waals surface area contributed by atoms with Gasteiger partial charge in [-0.2, -0.15) is 0 Å². The van der Waals surface area contributed by atoms with Crippen molar-refractivity contribution in [1.29, 1.82) is 0 Å². The Morgan fingerprint density at radius 1 is 1.48 bits per heavy atom. The van der Waals surface area contributed by atoms with Gasteiger partial charge in [0, 0.05) is 29.7 Å². The van der Waals surface area contributed by atoms with Crippen molar-refractivity contribution in [2.45, 2.75) is 25.0 Å². The van der Waals surface area contributed by atoms with Gasteiger partial charge in [-0.25, -0.2) is 17.5 Å². The molecule has 1 aliphatic heterocycles. The maximum absolute atomic E-state index is 13.9. The normalized spacial score (nSPS) is 23.2. The van der Waals surface area contributed by atoms with Gasteiger partial charge < -0.3 is 4.74 Å². The van der Waals surface area contributed by atoms with Gasteiger partial charge in [-0.05, 0) is 25.0 Å². The van der Waals surface area contributed by atoms with E-state index in [-0.39, 0.29) is 12.3 Å². The molecular formula is C14H19ClFNO3S. The monoisotopic (exact) mass is 335 g/mol. The third-order valence-electron chi connectivity index (χ3n) is 3.68. The summed E-state index contributed by atoms with van der Waals surface area (Å²) in [5.74, 6) is -0.718. The number of halogens is 2. The molecule has 0 saturated carbocycles. The Bertz CT molecular complexity index is 574. The molecule has 1 heterocycles. The maximum atomic E-state index is 13.9. The first-order chi connectivity index (χ1) is 9.95. The lowest BCUT2D eigenvalue weighted by atomic mass is 9.93. The summed E-state index contributed by atoms with van der Waals surface area (Å²) in [6.07, 6.45) is 0.660. The van der Waals surface area contributed by atoms with Crippen molar-refractivity contribution in [2.24, 2.45) is 5.92 Å². The molecule has 0 amide bonds. The van der Waals surface area contributed by atoms with E-state index in [9.17, 15) is 12.8 Å². The molecule has 1 N–H and O–H groups in total. The molecule has 0 radical (unpaired) electrons. The topological polar surface area (TPSA) is 55.4 Å². The Labute approximate surface area is 129 Å². The predicted octanol–water partition coefficient (Wildman–Crippen LogP) is 2.37. The zero-order valence-electron chi connectivity index (χ0n) is 11.8. The Hall–Kier alpha value is -0.690. The summed E-state index contributed by atoms with van der Waals surface area (Å²) in [7, 11) is -3.42. The Balaban J connectivity index is 2.24. The molecule has 0 aromatic heterocycles. The summed E-state index contributed by atoms with van der Waals surface area (Å²) < 4.78 is 46.3. The number of hydrogen-bond donors (Lipinski definition) is 1. The van der Waals surface area contributed by atoms with E-state index in [1.165, 1.54) is 12.1 Å². The van der Waals surface area contributed by atoms with Crippen LogP contribution >= 0.6 is 11.6 Å². The summed E-state index contributed by atoms with van der Waals surface area (Å²) in [6, 6.07) is 4.47. The quantitative estimate of drug-likeness (QED) is 0.898. The third kappa shape index (κ3) is 3.94. The summed E-state index contributed by atoms with van der Waals surface area (Å²) in [6.45, 7) is 2.77. The minimum atomic E-state index is -3.42. The predicted molar refractivity (Wildman–Crippen MR) is 80.4 cm³/mol. The van der Waals surface area contributed by atoms with Crippen LogP contribution in [0, 0.1) is 11.7 Å². The van der Waals surface area contributed by atoms with Crippen LogP contribution in [0.15, 0.2) is 18.2 Å². The standard InChI is InChI=1S/C14H19ClFNO3S/c1-2-17-21(18,19)14-6-7-20-9-10(14)8-11-12(15)4-3-5-13(11)16/h3-5,10,14,17H,2,6-9H2,1H3/t10-,14-/m0/s1. The molecule has 1 fully saturated rings. The van der Waals surface area contributed by atoms with Crippen LogP contribution < -0.4 is 4.72 Å². The molecule has 118 valence electrons. The average molecular weight is 336 g/mol. The first-order valence-corrected chi connectivity index (χ1v) is 8.87. The third-order valence-corrected chi connectivity index (χ3v) is 6.14. The molecule has 2 atom stereocenters. The first-order valence-electron chi connectivity index (χ1n) is 6.94. The zero-order valence-corrected chi connectivity index (χ0v) is 13.4. The SMILES string of the molecule is CCNS(=O)(=O)[C@H]1CCOC[C@@H]1Cc1c(F)cccc1Cl. The zero-order chi connectivity index (χ0) is 15.5. The molecule has 0 unspecified atom stereocenters. The van der Waals surface area contributed by atoms with Crippen molar-refractivity contribution in [3.63, 3.8) is 0 Å². The van der Waals surface area contributed by atoms with E-state index in [1.807, 2.05) is 0 Å². The van der Waals surface area contributed by atoms with Crippen LogP contribution in [-0.2, 0) is 21.2 Å². The van der Waals surface area contributed by atoms with E-state index < -0.39 is 21.1 Å². The highest BCUT2D eigenvalue weighted by Crippen LogP contribution is 2.29. The van der Waals surface area contributed by atoms with Gasteiger partial charge in [-0.3, -0.25) is 0 Å². The second-order valence-electron chi connectivity index (χ2n) is 5.11. The van der Waals surface area contributed by atoms with Crippen LogP contribution in [0.5, 0.6) is 0 Å². The molecule has 0 spiro atoms. The van der Waals surface area contributed by atoms with E-state index in [0.717, 1.165) is 0 Å². The maximum Gasteiger partial charge on any atom is 0.214 e. The summed E-state index contributed by atoms with van der Waals surface area (Å²) in [4.78, 5) is 0. The van der Waals surface area contributed by atoms with Gasteiger partial charge in [0.05, 0.1) is 11.9 Å². The number of sulfonamides is 1. The van der Waals surface area contributed by atoms with Crippen molar-refractivity contribution in [3.05, 3.63) is 34.6 Å². The van der Waals surface area contributed by atoms with E-state index in [0.29, 0.717) is 36.8 Å². The van der Waals surface area contributed by atoms with E-state index in [1.54, 1.807) is 13.0 Å². The fraction of sp³-hybridized carbons (Fsp3) is 0.571. The first kappa shape index (κ1) is 16.7. The molecule has 7 heteroatoms. The summed E-state index contributed by atoms with van der Waals surface area (Å²) >= 11 is 6.03. The average Bonchev–Trinajstić information content (AvgIpc) is 2.43. The molecule has 0 bridgehead atoms. The van der Waals surface area contributed by atoms with Crippen LogP contribution in [0.1, 0.15) is 18.9 Å². The van der Waals surface area contributed by atoms with Gasteiger partial charge >= 0.3 is 0 Å². The second kappa shape index (κ2) is 7.05. The summed E-state index contributed by atoms with van der Waals surface area (Å²) in [5.41, 5.74) is 0.353. The van der Waals surface area contributed by atoms with E-state index >= 15 is 0 Å². The molecule has 1 aromatic rings. The lowest BCUT2D eigenvalue weighted by Crippen LogP contribution is -2.44. The number of rotatable bonds is 5. The minimum Gasteiger partial charge on any atom is -0.381 e. The second-order valence-corrected chi connectivity index (χ2v) is 7.50. The van der Waals surface area contributed by atoms with Crippen molar-refractivity contribution in [3.8, 4) is 0 Å². The Kier molecular flexibility index (Phi) is 5.60. The van der Waals surface area contributed by atoms with Gasteiger partial charge in [-0.1, -0.05) is 24.6 Å². The molecule has 2 rings (SSSR count). The smallest absolute Gasteiger partial charge is 0.214 e. The van der Waals surface area contributed by atoms with Crippen molar-refractivity contribution in [2.75, 3.05) is 19.8 Å².